The fourth-order valence-corrected chi connectivity index (χ4v) is 1.51. The van der Waals surface area contributed by atoms with Crippen molar-refractivity contribution in [1.29, 1.82) is 0 Å². The van der Waals surface area contributed by atoms with E-state index in [9.17, 15) is 0 Å². The first-order chi connectivity index (χ1) is 8.69. The van der Waals surface area contributed by atoms with Crippen LogP contribution in [-0.2, 0) is 6.61 Å². The lowest BCUT2D eigenvalue weighted by Gasteiger charge is -2.06. The topological polar surface area (TPSA) is 68.4 Å². The Kier molecular flexibility index (Phi) is 3.86. The Bertz CT molecular complexity index is 538. The third-order valence-corrected chi connectivity index (χ3v) is 2.54. The molecule has 0 aliphatic heterocycles. The number of benzene rings is 1. The lowest BCUT2D eigenvalue weighted by Crippen LogP contribution is -2.10. The van der Waals surface area contributed by atoms with Gasteiger partial charge in [-0.3, -0.25) is 0 Å². The van der Waals surface area contributed by atoms with Gasteiger partial charge in [0.2, 0.25) is 0 Å². The summed E-state index contributed by atoms with van der Waals surface area (Å²) in [6.07, 6.45) is 1.56. The number of aliphatic hydroxyl groups is 1. The molecule has 0 amide bonds. The van der Waals surface area contributed by atoms with Gasteiger partial charge in [-0.05, 0) is 29.8 Å². The number of hydrogen-bond acceptors (Lipinski definition) is 4. The van der Waals surface area contributed by atoms with E-state index in [-0.39, 0.29) is 11.6 Å². The summed E-state index contributed by atoms with van der Waals surface area (Å²) in [7, 11) is 0. The molecule has 18 heavy (non-hydrogen) atoms. The molecule has 1 aromatic heterocycles. The Balaban J connectivity index is 2.10. The molecule has 0 fully saturated rings. The third-order valence-electron chi connectivity index (χ3n) is 2.33. The van der Waals surface area contributed by atoms with E-state index < -0.39 is 0 Å². The zero-order chi connectivity index (χ0) is 13.0. The number of thiocarbonyl (C=S) groups is 1. The quantitative estimate of drug-likeness (QED) is 0.823. The number of ether oxygens (including phenoxy) is 1. The van der Waals surface area contributed by atoms with E-state index in [4.69, 9.17) is 27.8 Å². The van der Waals surface area contributed by atoms with Gasteiger partial charge in [0, 0.05) is 0 Å². The maximum absolute atomic E-state index is 8.93. The van der Waals surface area contributed by atoms with Crippen LogP contribution >= 0.6 is 12.2 Å². The van der Waals surface area contributed by atoms with Gasteiger partial charge in [0.1, 0.15) is 16.5 Å². The SMILES string of the molecule is NC(=S)c1ccc(Oc2ccc(CO)cc2)cn1. The number of nitrogens with two attached hydrogens (primary N) is 1. The maximum Gasteiger partial charge on any atom is 0.145 e. The molecule has 0 spiro atoms. The maximum atomic E-state index is 8.93. The molecule has 0 atom stereocenters. The van der Waals surface area contributed by atoms with Crippen molar-refractivity contribution < 1.29 is 9.84 Å². The number of pyridine rings is 1. The van der Waals surface area contributed by atoms with Gasteiger partial charge >= 0.3 is 0 Å². The van der Waals surface area contributed by atoms with Crippen LogP contribution in [0.3, 0.4) is 0 Å². The van der Waals surface area contributed by atoms with E-state index in [0.29, 0.717) is 17.2 Å². The highest BCUT2D eigenvalue weighted by molar-refractivity contribution is 7.80. The van der Waals surface area contributed by atoms with Crippen molar-refractivity contribution in [1.82, 2.24) is 4.98 Å². The van der Waals surface area contributed by atoms with Crippen molar-refractivity contribution in [3.8, 4) is 11.5 Å². The lowest BCUT2D eigenvalue weighted by atomic mass is 10.2. The Hall–Kier alpha value is -1.98. The van der Waals surface area contributed by atoms with Crippen molar-refractivity contribution in [3.05, 3.63) is 53.9 Å². The van der Waals surface area contributed by atoms with Crippen LogP contribution in [0, 0.1) is 0 Å². The highest BCUT2D eigenvalue weighted by Gasteiger charge is 2.01. The summed E-state index contributed by atoms with van der Waals surface area (Å²) in [6, 6.07) is 10.6. The third kappa shape index (κ3) is 3.03. The molecule has 2 rings (SSSR count). The molecule has 1 aromatic carbocycles. The van der Waals surface area contributed by atoms with Crippen LogP contribution in [-0.4, -0.2) is 15.1 Å². The second-order valence-corrected chi connectivity index (χ2v) is 4.09. The zero-order valence-electron chi connectivity index (χ0n) is 9.54. The molecule has 0 unspecified atom stereocenters. The monoisotopic (exact) mass is 260 g/mol. The minimum absolute atomic E-state index is 0.0183. The predicted octanol–water partition coefficient (Wildman–Crippen LogP) is 2.00. The number of hydrogen-bond donors (Lipinski definition) is 2. The largest absolute Gasteiger partial charge is 0.456 e. The summed E-state index contributed by atoms with van der Waals surface area (Å²) in [6.45, 7) is 0.0183. The van der Waals surface area contributed by atoms with E-state index in [2.05, 4.69) is 4.98 Å². The van der Waals surface area contributed by atoms with Crippen LogP contribution in [0.4, 0.5) is 0 Å². The van der Waals surface area contributed by atoms with Gasteiger partial charge in [0.25, 0.3) is 0 Å². The second kappa shape index (κ2) is 5.57. The Morgan fingerprint density at radius 1 is 1.17 bits per heavy atom. The van der Waals surface area contributed by atoms with Gasteiger partial charge in [-0.1, -0.05) is 24.4 Å². The van der Waals surface area contributed by atoms with Crippen molar-refractivity contribution in [2.24, 2.45) is 5.73 Å². The van der Waals surface area contributed by atoms with Crippen LogP contribution < -0.4 is 10.5 Å². The van der Waals surface area contributed by atoms with Crippen molar-refractivity contribution in [2.45, 2.75) is 6.61 Å². The van der Waals surface area contributed by atoms with Gasteiger partial charge in [0.15, 0.2) is 0 Å². The smallest absolute Gasteiger partial charge is 0.145 e. The Morgan fingerprint density at radius 2 is 1.83 bits per heavy atom. The fourth-order valence-electron chi connectivity index (χ4n) is 1.39. The first kappa shape index (κ1) is 12.5. The molecule has 0 saturated heterocycles. The molecule has 2 aromatic rings. The number of aliphatic hydroxyl groups excluding tert-OH is 1. The molecule has 3 N–H and O–H groups in total. The molecule has 0 bridgehead atoms. The zero-order valence-corrected chi connectivity index (χ0v) is 10.4. The molecule has 1 heterocycles. The number of aromatic nitrogens is 1. The van der Waals surface area contributed by atoms with Gasteiger partial charge in [-0.15, -0.1) is 0 Å². The fraction of sp³-hybridized carbons (Fsp3) is 0.0769. The molecule has 4 nitrogen and oxygen atoms in total. The highest BCUT2D eigenvalue weighted by Crippen LogP contribution is 2.21. The summed E-state index contributed by atoms with van der Waals surface area (Å²) < 4.78 is 5.58. The van der Waals surface area contributed by atoms with E-state index in [1.165, 1.54) is 0 Å². The summed E-state index contributed by atoms with van der Waals surface area (Å²) >= 11 is 4.81. The summed E-state index contributed by atoms with van der Waals surface area (Å²) in [5, 5.41) is 8.93. The highest BCUT2D eigenvalue weighted by atomic mass is 32.1. The Morgan fingerprint density at radius 3 is 2.33 bits per heavy atom. The van der Waals surface area contributed by atoms with Gasteiger partial charge < -0.3 is 15.6 Å². The van der Waals surface area contributed by atoms with Crippen LogP contribution in [0.15, 0.2) is 42.6 Å². The average molecular weight is 260 g/mol. The number of nitrogens with zero attached hydrogens (tertiary/aromatic N) is 1. The van der Waals surface area contributed by atoms with Crippen LogP contribution in [0.25, 0.3) is 0 Å². The van der Waals surface area contributed by atoms with Gasteiger partial charge in [-0.25, -0.2) is 4.98 Å². The molecule has 92 valence electrons. The van der Waals surface area contributed by atoms with Crippen LogP contribution in [0.2, 0.25) is 0 Å². The second-order valence-electron chi connectivity index (χ2n) is 3.65. The van der Waals surface area contributed by atoms with Crippen molar-refractivity contribution in [2.75, 3.05) is 0 Å². The molecular weight excluding hydrogens is 248 g/mol. The molecule has 0 aliphatic rings. The van der Waals surface area contributed by atoms with Gasteiger partial charge in [-0.2, -0.15) is 0 Å². The molecule has 0 aliphatic carbocycles. The first-order valence-corrected chi connectivity index (χ1v) is 5.73. The Labute approximate surface area is 110 Å². The normalized spacial score (nSPS) is 10.1. The van der Waals surface area contributed by atoms with E-state index in [1.807, 2.05) is 0 Å². The van der Waals surface area contributed by atoms with Crippen molar-refractivity contribution >= 4 is 17.2 Å². The van der Waals surface area contributed by atoms with E-state index in [1.54, 1.807) is 42.6 Å². The minimum Gasteiger partial charge on any atom is -0.456 e. The molecular formula is C13H12N2O2S. The molecule has 0 saturated carbocycles. The van der Waals surface area contributed by atoms with Crippen LogP contribution in [0.1, 0.15) is 11.3 Å². The van der Waals surface area contributed by atoms with Crippen molar-refractivity contribution in [3.63, 3.8) is 0 Å². The minimum atomic E-state index is 0.0183. The predicted molar refractivity (Wildman–Crippen MR) is 72.6 cm³/mol. The van der Waals surface area contributed by atoms with E-state index >= 15 is 0 Å². The average Bonchev–Trinajstić information content (AvgIpc) is 2.40. The van der Waals surface area contributed by atoms with Crippen LogP contribution in [0.5, 0.6) is 11.5 Å². The first-order valence-electron chi connectivity index (χ1n) is 5.32. The summed E-state index contributed by atoms with van der Waals surface area (Å²) in [5.74, 6) is 1.28. The standard InChI is InChI=1S/C13H12N2O2S/c14-13(18)12-6-5-11(7-15-12)17-10-3-1-9(8-16)2-4-10/h1-7,16H,8H2,(H2,14,18). The van der Waals surface area contributed by atoms with E-state index in [0.717, 1.165) is 5.56 Å². The summed E-state index contributed by atoms with van der Waals surface area (Å²) in [4.78, 5) is 4.34. The molecule has 0 radical (unpaired) electrons. The van der Waals surface area contributed by atoms with Gasteiger partial charge in [0.05, 0.1) is 18.5 Å². The molecule has 5 heteroatoms. The number of rotatable bonds is 4. The summed E-state index contributed by atoms with van der Waals surface area (Å²) in [5.41, 5.74) is 6.85. The lowest BCUT2D eigenvalue weighted by molar-refractivity contribution is 0.281.